The number of benzene rings is 5. The maximum Gasteiger partial charge on any atom is 0.408 e. The molecular formula is C69H81F2N9O14. The molecule has 0 aliphatic carbocycles. The van der Waals surface area contributed by atoms with Crippen molar-refractivity contribution < 1.29 is 76.0 Å². The molecule has 0 aliphatic rings. The number of ether oxygens (including phenoxy) is 3. The van der Waals surface area contributed by atoms with Crippen molar-refractivity contribution in [1.29, 1.82) is 0 Å². The normalized spacial score (nSPS) is 13.0. The predicted octanol–water partition coefficient (Wildman–Crippen LogP) is 6.04. The number of carbonyl (C=O) groups excluding carboxylic acids is 10. The molecule has 0 radical (unpaired) electrons. The van der Waals surface area contributed by atoms with Crippen molar-refractivity contribution in [2.75, 3.05) is 26.7 Å². The Kier molecular flexibility index (Phi) is 27.5. The van der Waals surface area contributed by atoms with E-state index in [1.54, 1.807) is 129 Å². The minimum atomic E-state index is -1.81. The van der Waals surface area contributed by atoms with E-state index in [9.17, 15) is 57.4 Å². The number of carbonyl (C=O) groups is 10. The zero-order chi connectivity index (χ0) is 68.5. The number of nitrogens with two attached hydrogens (primary N) is 1. The number of esters is 2. The molecule has 0 saturated carbocycles. The molecule has 6 rings (SSSR count). The molecule has 1 aromatic heterocycles. The minimum absolute atomic E-state index is 0.0391. The maximum absolute atomic E-state index is 15.6. The van der Waals surface area contributed by atoms with Gasteiger partial charge in [0.25, 0.3) is 0 Å². The summed E-state index contributed by atoms with van der Waals surface area (Å²) in [5, 5.41) is 23.2. The number of aliphatic hydroxyl groups is 1. The van der Waals surface area contributed by atoms with E-state index in [1.807, 2.05) is 30.3 Å². The van der Waals surface area contributed by atoms with Crippen LogP contribution in [0.3, 0.4) is 0 Å². The average Bonchev–Trinajstić information content (AvgIpc) is 1.59. The second-order valence-corrected chi connectivity index (χ2v) is 23.5. The molecule has 6 atom stereocenters. The third-order valence-corrected chi connectivity index (χ3v) is 15.2. The molecule has 0 bridgehead atoms. The van der Waals surface area contributed by atoms with Crippen LogP contribution in [0, 0.1) is 17.0 Å². The summed E-state index contributed by atoms with van der Waals surface area (Å²) in [5.74, 6) is -9.52. The van der Waals surface area contributed by atoms with Crippen molar-refractivity contribution in [3.63, 3.8) is 0 Å². The largest absolute Gasteiger partial charge is 0.461 e. The average molecular weight is 1300 g/mol. The third kappa shape index (κ3) is 22.5. The van der Waals surface area contributed by atoms with Crippen molar-refractivity contribution >= 4 is 59.4 Å². The van der Waals surface area contributed by atoms with Crippen LogP contribution in [0.25, 0.3) is 11.1 Å². The highest BCUT2D eigenvalue weighted by Crippen LogP contribution is 2.41. The molecule has 94 heavy (non-hydrogen) atoms. The first-order chi connectivity index (χ1) is 44.8. The Hall–Kier alpha value is -10.3. The molecule has 8 amide bonds. The van der Waals surface area contributed by atoms with Crippen molar-refractivity contribution in [2.45, 2.75) is 129 Å². The van der Waals surface area contributed by atoms with Gasteiger partial charge in [-0.3, -0.25) is 38.4 Å². The van der Waals surface area contributed by atoms with Crippen LogP contribution in [0.4, 0.5) is 13.6 Å². The monoisotopic (exact) mass is 1300 g/mol. The fraction of sp³-hybridized carbons (Fsp3) is 0.362. The van der Waals surface area contributed by atoms with Gasteiger partial charge in [-0.1, -0.05) is 142 Å². The number of amides is 8. The molecule has 25 heteroatoms. The number of alkyl carbamates (subject to hydrolysis) is 1. The molecule has 23 nitrogen and oxygen atoms in total. The van der Waals surface area contributed by atoms with Gasteiger partial charge in [-0.15, -0.1) is 0 Å². The number of hydrogen-bond acceptors (Lipinski definition) is 14. The fourth-order valence-electron chi connectivity index (χ4n) is 10.1. The lowest BCUT2D eigenvalue weighted by molar-refractivity contribution is -0.150. The van der Waals surface area contributed by atoms with Crippen molar-refractivity contribution in [2.24, 2.45) is 11.1 Å². The number of rotatable bonds is 33. The quantitative estimate of drug-likeness (QED) is 0.0182. The Labute approximate surface area is 544 Å². The van der Waals surface area contributed by atoms with Gasteiger partial charge >= 0.3 is 18.0 Å². The van der Waals surface area contributed by atoms with Crippen LogP contribution in [0.1, 0.15) is 101 Å². The number of likely N-dealkylation sites (N-methyl/N-ethyl adjacent to an activating group) is 1. The summed E-state index contributed by atoms with van der Waals surface area (Å²) in [6.07, 6.45) is -1.65. The van der Waals surface area contributed by atoms with E-state index < -0.39 is 152 Å². The Morgan fingerprint density at radius 2 is 1.18 bits per heavy atom. The van der Waals surface area contributed by atoms with E-state index in [0.717, 1.165) is 34.2 Å². The van der Waals surface area contributed by atoms with Crippen molar-refractivity contribution in [3.8, 4) is 11.1 Å². The first-order valence-corrected chi connectivity index (χ1v) is 30.5. The van der Waals surface area contributed by atoms with E-state index in [0.29, 0.717) is 16.8 Å². The molecule has 5 aromatic carbocycles. The van der Waals surface area contributed by atoms with Gasteiger partial charge < -0.3 is 66.0 Å². The van der Waals surface area contributed by atoms with E-state index in [1.165, 1.54) is 25.8 Å². The summed E-state index contributed by atoms with van der Waals surface area (Å²) in [6.45, 7) is 5.99. The Morgan fingerprint density at radius 1 is 0.628 bits per heavy atom. The summed E-state index contributed by atoms with van der Waals surface area (Å²) < 4.78 is 48.3. The van der Waals surface area contributed by atoms with Crippen LogP contribution in [-0.2, 0) is 83.7 Å². The van der Waals surface area contributed by atoms with Gasteiger partial charge in [0.2, 0.25) is 41.4 Å². The molecule has 0 saturated heterocycles. The number of halogens is 2. The van der Waals surface area contributed by atoms with E-state index in [-0.39, 0.29) is 50.3 Å². The Morgan fingerprint density at radius 3 is 1.74 bits per heavy atom. The molecule has 8 N–H and O–H groups in total. The second kappa shape index (κ2) is 35.5. The number of aliphatic hydroxyl groups excluding tert-OH is 1. The van der Waals surface area contributed by atoms with Gasteiger partial charge in [-0.25, -0.2) is 18.4 Å². The number of aromatic nitrogens is 1. The number of hydrogen-bond donors (Lipinski definition) is 7. The van der Waals surface area contributed by atoms with Crippen LogP contribution >= 0.6 is 0 Å². The van der Waals surface area contributed by atoms with Crippen molar-refractivity contribution in [3.05, 3.63) is 191 Å². The minimum Gasteiger partial charge on any atom is -0.461 e. The summed E-state index contributed by atoms with van der Waals surface area (Å²) in [7, 11) is 1.26. The lowest BCUT2D eigenvalue weighted by Crippen LogP contribution is -2.58. The highest BCUT2D eigenvalue weighted by Gasteiger charge is 2.39. The molecular weight excluding hydrogens is 1220 g/mol. The topological polar surface area (TPSA) is 316 Å². The standard InChI is InChI=1S/C69H81F2N9O14/c1-44(74-68(91)94-43-49-25-17-10-18-26-49)66(89)78(6)45(2)63(86)77-56(37-58(72)82)65(88)76-54(64(87)73-33-31-59(83)75-55(67(90)93-42-48-23-15-9-16-24-48)29-30-61(85)92-41-47-21-13-8-14-22-47)32-34-80(60(84)40-81)62(69(3,4)5)57-35-50(52-36-51(70)27-28-53(52)71)39-79(57)38-46-19-11-7-12-20-46/h7-28,35-36,39,44-45,54-56,62,81H,29-34,37-38,40-43H2,1-6H3,(H2,72,82)(H,73,87)(H,74,91)(H,75,83)(H,76,88)(H,77,86)/t44-,45-,54-,55+,56-,62-/m0/s1. The smallest absolute Gasteiger partial charge is 0.408 e. The van der Waals surface area contributed by atoms with Gasteiger partial charge in [0.1, 0.15) is 68.3 Å². The summed E-state index contributed by atoms with van der Waals surface area (Å²) in [4.78, 5) is 139. The molecule has 0 spiro atoms. The SMILES string of the molecule is C[C@H](NC(=O)OCc1ccccc1)C(=O)N(C)[C@@H](C)C(=O)N[C@@H](CC(N)=O)C(=O)N[C@@H](CCN(C(=O)CO)[C@@H](c1cc(-c2cc(F)ccc2F)cn1Cc1ccccc1)C(C)(C)C)C(=O)NCCC(=O)N[C@H](CCC(=O)OCc1ccccc1)C(=O)OCc1ccccc1. The highest BCUT2D eigenvalue weighted by molar-refractivity contribution is 5.97. The molecule has 6 aromatic rings. The van der Waals surface area contributed by atoms with E-state index in [2.05, 4.69) is 26.6 Å². The molecule has 0 aliphatic heterocycles. The fourth-order valence-corrected chi connectivity index (χ4v) is 10.1. The zero-order valence-electron chi connectivity index (χ0n) is 53.3. The predicted molar refractivity (Wildman–Crippen MR) is 341 cm³/mol. The van der Waals surface area contributed by atoms with E-state index >= 15 is 4.39 Å². The highest BCUT2D eigenvalue weighted by atomic mass is 19.1. The van der Waals surface area contributed by atoms with Gasteiger partial charge in [0, 0.05) is 62.5 Å². The van der Waals surface area contributed by atoms with Gasteiger partial charge in [-0.2, -0.15) is 0 Å². The second-order valence-electron chi connectivity index (χ2n) is 23.5. The summed E-state index contributed by atoms with van der Waals surface area (Å²) in [5.41, 5.74) is 8.08. The lowest BCUT2D eigenvalue weighted by Gasteiger charge is -2.41. The van der Waals surface area contributed by atoms with Gasteiger partial charge in [0.15, 0.2) is 0 Å². The van der Waals surface area contributed by atoms with Gasteiger partial charge in [-0.05, 0) is 78.6 Å². The number of primary amides is 1. The first-order valence-electron chi connectivity index (χ1n) is 30.5. The zero-order valence-corrected chi connectivity index (χ0v) is 53.3. The Bertz CT molecular complexity index is 3560. The molecule has 500 valence electrons. The van der Waals surface area contributed by atoms with Crippen LogP contribution in [0.5, 0.6) is 0 Å². The molecule has 0 unspecified atom stereocenters. The number of nitrogens with zero attached hydrogens (tertiary/aromatic N) is 3. The first kappa shape index (κ1) is 72.8. The van der Waals surface area contributed by atoms with Crippen LogP contribution in [0.2, 0.25) is 0 Å². The third-order valence-electron chi connectivity index (χ3n) is 15.2. The summed E-state index contributed by atoms with van der Waals surface area (Å²) in [6, 6.07) is 31.6. The van der Waals surface area contributed by atoms with Gasteiger partial charge in [0.05, 0.1) is 12.5 Å². The van der Waals surface area contributed by atoms with Crippen molar-refractivity contribution in [1.82, 2.24) is 41.0 Å². The maximum atomic E-state index is 15.6. The molecule has 0 fully saturated rings. The Balaban J connectivity index is 1.26. The number of nitrogens with one attached hydrogen (secondary N) is 5. The molecule has 1 heterocycles. The van der Waals surface area contributed by atoms with Crippen LogP contribution in [0.15, 0.2) is 152 Å². The van der Waals surface area contributed by atoms with Crippen LogP contribution < -0.4 is 32.3 Å². The van der Waals surface area contributed by atoms with E-state index in [4.69, 9.17) is 19.9 Å². The lowest BCUT2D eigenvalue weighted by atomic mass is 9.82. The summed E-state index contributed by atoms with van der Waals surface area (Å²) >= 11 is 0. The van der Waals surface area contributed by atoms with Crippen LogP contribution in [-0.4, -0.2) is 136 Å².